The van der Waals surface area contributed by atoms with Crippen molar-refractivity contribution in [2.45, 2.75) is 24.9 Å². The van der Waals surface area contributed by atoms with Crippen LogP contribution in [0.3, 0.4) is 0 Å². The summed E-state index contributed by atoms with van der Waals surface area (Å²) in [5, 5.41) is 3.70. The molecule has 0 unspecified atom stereocenters. The van der Waals surface area contributed by atoms with Gasteiger partial charge in [-0.15, -0.1) is 0 Å². The molecule has 3 aromatic heterocycles. The van der Waals surface area contributed by atoms with E-state index in [1.54, 1.807) is 24.3 Å². The minimum atomic E-state index is -4.51. The number of pyridine rings is 2. The molecule has 6 nitrogen and oxygen atoms in total. The first-order valence-corrected chi connectivity index (χ1v) is 8.23. The predicted molar refractivity (Wildman–Crippen MR) is 90.1 cm³/mol. The van der Waals surface area contributed by atoms with E-state index in [0.29, 0.717) is 16.8 Å². The normalized spacial score (nSPS) is 14.3. The molecule has 0 radical (unpaired) electrons. The predicted octanol–water partition coefficient (Wildman–Crippen LogP) is 3.32. The third-order valence-electron chi connectivity index (χ3n) is 4.34. The zero-order valence-electron chi connectivity index (χ0n) is 13.9. The number of nitrogens with zero attached hydrogens (tertiary/aromatic N) is 4. The van der Waals surface area contributed by atoms with Gasteiger partial charge < -0.3 is 5.73 Å². The van der Waals surface area contributed by atoms with Crippen LogP contribution in [0.15, 0.2) is 42.7 Å². The van der Waals surface area contributed by atoms with Crippen molar-refractivity contribution in [1.82, 2.24) is 19.7 Å². The number of rotatable bonds is 4. The van der Waals surface area contributed by atoms with Crippen molar-refractivity contribution in [3.8, 4) is 16.9 Å². The van der Waals surface area contributed by atoms with Gasteiger partial charge >= 0.3 is 6.18 Å². The third kappa shape index (κ3) is 3.27. The number of amides is 1. The summed E-state index contributed by atoms with van der Waals surface area (Å²) in [6.07, 6.45) is 0.0680. The van der Waals surface area contributed by atoms with Gasteiger partial charge in [-0.1, -0.05) is 6.07 Å². The first-order valence-electron chi connectivity index (χ1n) is 8.23. The second-order valence-corrected chi connectivity index (χ2v) is 6.31. The van der Waals surface area contributed by atoms with E-state index in [1.807, 2.05) is 0 Å². The van der Waals surface area contributed by atoms with E-state index in [0.717, 1.165) is 18.9 Å². The minimum absolute atomic E-state index is 0.0647. The molecule has 0 atom stereocenters. The number of alkyl halides is 3. The second-order valence-electron chi connectivity index (χ2n) is 6.31. The quantitative estimate of drug-likeness (QED) is 0.760. The SMILES string of the molecule is NC(=O)c1ncccc1-c1ccc(-n2nc(C(F)(F)F)cc2C2CC2)nc1. The minimum Gasteiger partial charge on any atom is -0.364 e. The van der Waals surface area contributed by atoms with Crippen LogP contribution < -0.4 is 5.73 Å². The number of aromatic nitrogens is 4. The van der Waals surface area contributed by atoms with Gasteiger partial charge in [0.05, 0.1) is 0 Å². The summed E-state index contributed by atoms with van der Waals surface area (Å²) >= 11 is 0. The highest BCUT2D eigenvalue weighted by atomic mass is 19.4. The van der Waals surface area contributed by atoms with Gasteiger partial charge in [0, 0.05) is 35.1 Å². The fraction of sp³-hybridized carbons (Fsp3) is 0.222. The van der Waals surface area contributed by atoms with Crippen molar-refractivity contribution >= 4 is 5.91 Å². The Morgan fingerprint density at radius 2 is 1.96 bits per heavy atom. The Balaban J connectivity index is 1.74. The monoisotopic (exact) mass is 373 g/mol. The molecule has 1 aliphatic carbocycles. The molecule has 0 bridgehead atoms. The molecular weight excluding hydrogens is 359 g/mol. The zero-order chi connectivity index (χ0) is 19.2. The molecule has 1 fully saturated rings. The summed E-state index contributed by atoms with van der Waals surface area (Å²) in [7, 11) is 0. The van der Waals surface area contributed by atoms with Gasteiger partial charge in [0.2, 0.25) is 0 Å². The molecule has 1 amide bonds. The van der Waals surface area contributed by atoms with Gasteiger partial charge in [-0.2, -0.15) is 18.3 Å². The number of hydrogen-bond donors (Lipinski definition) is 1. The number of halogens is 3. The van der Waals surface area contributed by atoms with Crippen molar-refractivity contribution in [3.63, 3.8) is 0 Å². The maximum atomic E-state index is 13.0. The molecule has 0 aliphatic heterocycles. The highest BCUT2D eigenvalue weighted by Gasteiger charge is 2.38. The molecule has 138 valence electrons. The number of nitrogens with two attached hydrogens (primary N) is 1. The Hall–Kier alpha value is -3.23. The van der Waals surface area contributed by atoms with Crippen LogP contribution in [0.1, 0.15) is 40.6 Å². The van der Waals surface area contributed by atoms with E-state index < -0.39 is 17.8 Å². The smallest absolute Gasteiger partial charge is 0.364 e. The lowest BCUT2D eigenvalue weighted by Crippen LogP contribution is -2.14. The van der Waals surface area contributed by atoms with E-state index in [4.69, 9.17) is 5.73 Å². The Bertz CT molecular complexity index is 1010. The van der Waals surface area contributed by atoms with Crippen molar-refractivity contribution in [3.05, 3.63) is 59.8 Å². The molecule has 1 aliphatic rings. The lowest BCUT2D eigenvalue weighted by molar-refractivity contribution is -0.141. The highest BCUT2D eigenvalue weighted by molar-refractivity contribution is 5.97. The summed E-state index contributed by atoms with van der Waals surface area (Å²) in [5.74, 6) is -0.330. The van der Waals surface area contributed by atoms with Gasteiger partial charge in [0.1, 0.15) is 5.69 Å². The molecule has 2 N–H and O–H groups in total. The van der Waals surface area contributed by atoms with Gasteiger partial charge in [-0.3, -0.25) is 9.78 Å². The number of hydrogen-bond acceptors (Lipinski definition) is 4. The first-order chi connectivity index (χ1) is 12.8. The average Bonchev–Trinajstić information content (AvgIpc) is 3.38. The maximum absolute atomic E-state index is 13.0. The molecule has 0 saturated heterocycles. The van der Waals surface area contributed by atoms with E-state index in [1.165, 1.54) is 17.1 Å². The van der Waals surface area contributed by atoms with Crippen LogP contribution in [0, 0.1) is 0 Å². The summed E-state index contributed by atoms with van der Waals surface area (Å²) < 4.78 is 40.4. The maximum Gasteiger partial charge on any atom is 0.435 e. The van der Waals surface area contributed by atoms with Crippen LogP contribution in [0.25, 0.3) is 16.9 Å². The van der Waals surface area contributed by atoms with Crippen LogP contribution in [0.5, 0.6) is 0 Å². The summed E-state index contributed by atoms with van der Waals surface area (Å²) in [4.78, 5) is 19.7. The number of carbonyl (C=O) groups is 1. The van der Waals surface area contributed by atoms with Crippen LogP contribution in [-0.4, -0.2) is 25.7 Å². The highest BCUT2D eigenvalue weighted by Crippen LogP contribution is 2.42. The molecular formula is C18H14F3N5O. The van der Waals surface area contributed by atoms with Crippen LogP contribution >= 0.6 is 0 Å². The van der Waals surface area contributed by atoms with E-state index in [9.17, 15) is 18.0 Å². The van der Waals surface area contributed by atoms with Gasteiger partial charge in [-0.05, 0) is 37.1 Å². The zero-order valence-corrected chi connectivity index (χ0v) is 13.9. The summed E-state index contributed by atoms with van der Waals surface area (Å²) in [6.45, 7) is 0. The molecule has 1 saturated carbocycles. The molecule has 3 aromatic rings. The first kappa shape index (κ1) is 17.2. The van der Waals surface area contributed by atoms with E-state index >= 15 is 0 Å². The van der Waals surface area contributed by atoms with Gasteiger partial charge in [-0.25, -0.2) is 9.67 Å². The van der Waals surface area contributed by atoms with E-state index in [-0.39, 0.29) is 17.4 Å². The largest absolute Gasteiger partial charge is 0.435 e. The van der Waals surface area contributed by atoms with Crippen molar-refractivity contribution in [1.29, 1.82) is 0 Å². The second kappa shape index (κ2) is 6.19. The third-order valence-corrected chi connectivity index (χ3v) is 4.34. The molecule has 4 rings (SSSR count). The standard InChI is InChI=1S/C18H14F3N5O/c19-18(20,21)14-8-13(10-3-4-10)26(25-14)15-6-5-11(9-24-15)12-2-1-7-23-16(12)17(22)27/h1-2,5-10H,3-4H2,(H2,22,27). The number of carbonyl (C=O) groups excluding carboxylic acids is 1. The molecule has 3 heterocycles. The fourth-order valence-electron chi connectivity index (χ4n) is 2.89. The van der Waals surface area contributed by atoms with Crippen molar-refractivity contribution in [2.75, 3.05) is 0 Å². The van der Waals surface area contributed by atoms with Gasteiger partial charge in [0.15, 0.2) is 11.5 Å². The van der Waals surface area contributed by atoms with Crippen molar-refractivity contribution in [2.24, 2.45) is 5.73 Å². The lowest BCUT2D eigenvalue weighted by atomic mass is 10.1. The fourth-order valence-corrected chi connectivity index (χ4v) is 2.89. The van der Waals surface area contributed by atoms with Crippen LogP contribution in [0.2, 0.25) is 0 Å². The van der Waals surface area contributed by atoms with Crippen LogP contribution in [0.4, 0.5) is 13.2 Å². The lowest BCUT2D eigenvalue weighted by Gasteiger charge is -2.08. The molecule has 9 heteroatoms. The molecule has 0 aromatic carbocycles. The van der Waals surface area contributed by atoms with E-state index in [2.05, 4.69) is 15.1 Å². The molecule has 0 spiro atoms. The average molecular weight is 373 g/mol. The summed E-state index contributed by atoms with van der Waals surface area (Å²) in [5.41, 5.74) is 6.09. The topological polar surface area (TPSA) is 86.7 Å². The number of primary amides is 1. The summed E-state index contributed by atoms with van der Waals surface area (Å²) in [6, 6.07) is 7.63. The van der Waals surface area contributed by atoms with Gasteiger partial charge in [0.25, 0.3) is 5.91 Å². The Morgan fingerprint density at radius 1 is 1.19 bits per heavy atom. The Morgan fingerprint density at radius 3 is 2.56 bits per heavy atom. The van der Waals surface area contributed by atoms with Crippen LogP contribution in [-0.2, 0) is 6.18 Å². The Kier molecular flexibility index (Phi) is 3.94. The molecule has 27 heavy (non-hydrogen) atoms. The Labute approximate surface area is 151 Å². The van der Waals surface area contributed by atoms with Crippen molar-refractivity contribution < 1.29 is 18.0 Å².